The van der Waals surface area contributed by atoms with E-state index in [-0.39, 0.29) is 0 Å². The van der Waals surface area contributed by atoms with Gasteiger partial charge < -0.3 is 5.32 Å². The van der Waals surface area contributed by atoms with Crippen molar-refractivity contribution in [1.29, 1.82) is 0 Å². The highest BCUT2D eigenvalue weighted by atomic mass is 79.9. The van der Waals surface area contributed by atoms with Gasteiger partial charge in [-0.3, -0.25) is 0 Å². The number of halogens is 2. The van der Waals surface area contributed by atoms with E-state index in [0.717, 1.165) is 15.4 Å². The summed E-state index contributed by atoms with van der Waals surface area (Å²) < 4.78 is 1.87. The van der Waals surface area contributed by atoms with Gasteiger partial charge in [0.25, 0.3) is 0 Å². The predicted octanol–water partition coefficient (Wildman–Crippen LogP) is 5.64. The molecule has 0 aromatic carbocycles. The molecule has 98 valence electrons. The normalized spacial score (nSPS) is 14.9. The van der Waals surface area contributed by atoms with Crippen molar-refractivity contribution < 1.29 is 0 Å². The van der Waals surface area contributed by atoms with Crippen molar-refractivity contribution in [3.8, 4) is 0 Å². The molecule has 1 nitrogen and oxygen atoms in total. The van der Waals surface area contributed by atoms with Crippen LogP contribution < -0.4 is 5.32 Å². The van der Waals surface area contributed by atoms with Gasteiger partial charge in [0.1, 0.15) is 4.34 Å². The van der Waals surface area contributed by atoms with Crippen molar-refractivity contribution in [2.75, 3.05) is 6.54 Å². The SMILES string of the molecule is CCCCC(C)C(NCC)c1cc(Br)c(Cl)s1. The third-order valence-electron chi connectivity index (χ3n) is 2.98. The van der Waals surface area contributed by atoms with Gasteiger partial charge in [-0.05, 0) is 40.9 Å². The summed E-state index contributed by atoms with van der Waals surface area (Å²) in [5.41, 5.74) is 0. The number of hydrogen-bond acceptors (Lipinski definition) is 2. The van der Waals surface area contributed by atoms with Gasteiger partial charge in [-0.25, -0.2) is 0 Å². The Morgan fingerprint density at radius 1 is 1.47 bits per heavy atom. The first-order valence-corrected chi connectivity index (χ1v) is 8.27. The molecule has 0 bridgehead atoms. The summed E-state index contributed by atoms with van der Waals surface area (Å²) >= 11 is 11.3. The van der Waals surface area contributed by atoms with Crippen LogP contribution in [0.1, 0.15) is 51.0 Å². The van der Waals surface area contributed by atoms with E-state index in [0.29, 0.717) is 12.0 Å². The smallest absolute Gasteiger partial charge is 0.107 e. The Labute approximate surface area is 122 Å². The number of thiophene rings is 1. The summed E-state index contributed by atoms with van der Waals surface area (Å²) in [6, 6.07) is 2.59. The molecule has 0 spiro atoms. The van der Waals surface area contributed by atoms with E-state index in [9.17, 15) is 0 Å². The van der Waals surface area contributed by atoms with E-state index in [1.165, 1.54) is 24.1 Å². The Kier molecular flexibility index (Phi) is 7.08. The van der Waals surface area contributed by atoms with Gasteiger partial charge in [0.05, 0.1) is 0 Å². The molecule has 1 N–H and O–H groups in total. The van der Waals surface area contributed by atoms with Gasteiger partial charge in [0.15, 0.2) is 0 Å². The molecule has 2 atom stereocenters. The van der Waals surface area contributed by atoms with Crippen molar-refractivity contribution in [1.82, 2.24) is 5.32 Å². The summed E-state index contributed by atoms with van der Waals surface area (Å²) in [4.78, 5) is 1.34. The average molecular weight is 339 g/mol. The van der Waals surface area contributed by atoms with Gasteiger partial charge in [-0.15, -0.1) is 11.3 Å². The molecule has 1 aromatic rings. The number of rotatable bonds is 7. The molecule has 2 unspecified atom stereocenters. The number of hydrogen-bond donors (Lipinski definition) is 1. The Hall–Kier alpha value is 0.430. The first-order valence-electron chi connectivity index (χ1n) is 6.28. The highest BCUT2D eigenvalue weighted by molar-refractivity contribution is 9.10. The molecular weight excluding hydrogens is 318 g/mol. The largest absolute Gasteiger partial charge is 0.309 e. The van der Waals surface area contributed by atoms with E-state index in [4.69, 9.17) is 11.6 Å². The lowest BCUT2D eigenvalue weighted by Crippen LogP contribution is -2.26. The van der Waals surface area contributed by atoms with Crippen molar-refractivity contribution in [3.63, 3.8) is 0 Å². The lowest BCUT2D eigenvalue weighted by atomic mass is 9.94. The van der Waals surface area contributed by atoms with Crippen LogP contribution in [0.5, 0.6) is 0 Å². The Morgan fingerprint density at radius 2 is 2.18 bits per heavy atom. The molecule has 0 aliphatic heterocycles. The third-order valence-corrected chi connectivity index (χ3v) is 5.53. The van der Waals surface area contributed by atoms with E-state index in [1.54, 1.807) is 11.3 Å². The van der Waals surface area contributed by atoms with Crippen LogP contribution in [0.3, 0.4) is 0 Å². The topological polar surface area (TPSA) is 12.0 Å². The quantitative estimate of drug-likeness (QED) is 0.678. The van der Waals surface area contributed by atoms with Crippen molar-refractivity contribution in [2.24, 2.45) is 5.92 Å². The van der Waals surface area contributed by atoms with Gasteiger partial charge in [0, 0.05) is 15.4 Å². The number of nitrogens with one attached hydrogen (secondary N) is 1. The molecular formula is C13H21BrClNS. The second-order valence-corrected chi connectivity index (χ2v) is 6.97. The van der Waals surface area contributed by atoms with Gasteiger partial charge >= 0.3 is 0 Å². The molecule has 0 aliphatic rings. The molecule has 0 fully saturated rings. The molecule has 4 heteroatoms. The van der Waals surface area contributed by atoms with Crippen LogP contribution >= 0.6 is 38.9 Å². The van der Waals surface area contributed by atoms with Crippen LogP contribution in [0.15, 0.2) is 10.5 Å². The minimum absolute atomic E-state index is 0.431. The number of unbranched alkanes of at least 4 members (excludes halogenated alkanes) is 1. The minimum atomic E-state index is 0.431. The van der Waals surface area contributed by atoms with Crippen molar-refractivity contribution >= 4 is 38.9 Å². The maximum Gasteiger partial charge on any atom is 0.107 e. The molecule has 1 aromatic heterocycles. The van der Waals surface area contributed by atoms with Crippen molar-refractivity contribution in [2.45, 2.75) is 46.1 Å². The Balaban J connectivity index is 2.77. The molecule has 1 heterocycles. The van der Waals surface area contributed by atoms with E-state index in [2.05, 4.69) is 48.1 Å². The highest BCUT2D eigenvalue weighted by Gasteiger charge is 2.20. The summed E-state index contributed by atoms with van der Waals surface area (Å²) in [7, 11) is 0. The summed E-state index contributed by atoms with van der Waals surface area (Å²) in [6.45, 7) is 7.72. The van der Waals surface area contributed by atoms with Gasteiger partial charge in [-0.1, -0.05) is 45.2 Å². The predicted molar refractivity (Wildman–Crippen MR) is 82.1 cm³/mol. The van der Waals surface area contributed by atoms with E-state index >= 15 is 0 Å². The van der Waals surface area contributed by atoms with Crippen LogP contribution in [-0.4, -0.2) is 6.54 Å². The summed E-state index contributed by atoms with van der Waals surface area (Å²) in [5, 5.41) is 3.58. The standard InChI is InChI=1S/C13H21BrClNS/c1-4-6-7-9(3)12(16-5-2)11-8-10(14)13(15)17-11/h8-9,12,16H,4-7H2,1-3H3. The van der Waals surface area contributed by atoms with Crippen LogP contribution in [0.25, 0.3) is 0 Å². The Morgan fingerprint density at radius 3 is 2.65 bits per heavy atom. The second kappa shape index (κ2) is 7.78. The molecule has 0 aliphatic carbocycles. The average Bonchev–Trinajstić information content (AvgIpc) is 2.63. The molecule has 17 heavy (non-hydrogen) atoms. The fraction of sp³-hybridized carbons (Fsp3) is 0.692. The summed E-state index contributed by atoms with van der Waals surface area (Å²) in [6.07, 6.45) is 3.82. The van der Waals surface area contributed by atoms with Crippen molar-refractivity contribution in [3.05, 3.63) is 19.8 Å². The van der Waals surface area contributed by atoms with Crippen LogP contribution in [0.2, 0.25) is 4.34 Å². The molecule has 0 saturated heterocycles. The monoisotopic (exact) mass is 337 g/mol. The minimum Gasteiger partial charge on any atom is -0.309 e. The molecule has 1 rings (SSSR count). The first kappa shape index (κ1) is 15.5. The molecule has 0 amide bonds. The zero-order valence-corrected chi connectivity index (χ0v) is 13.9. The zero-order valence-electron chi connectivity index (χ0n) is 10.7. The first-order chi connectivity index (χ1) is 8.10. The Bertz CT molecular complexity index is 321. The fourth-order valence-corrected chi connectivity index (χ4v) is 3.96. The maximum absolute atomic E-state index is 6.13. The van der Waals surface area contributed by atoms with E-state index in [1.807, 2.05) is 0 Å². The summed E-state index contributed by atoms with van der Waals surface area (Å²) in [5.74, 6) is 0.650. The van der Waals surface area contributed by atoms with Gasteiger partial charge in [-0.2, -0.15) is 0 Å². The highest BCUT2D eigenvalue weighted by Crippen LogP contribution is 2.38. The maximum atomic E-state index is 6.13. The fourth-order valence-electron chi connectivity index (χ4n) is 2.01. The lowest BCUT2D eigenvalue weighted by Gasteiger charge is -2.23. The van der Waals surface area contributed by atoms with E-state index < -0.39 is 0 Å². The van der Waals surface area contributed by atoms with Crippen LogP contribution in [0.4, 0.5) is 0 Å². The van der Waals surface area contributed by atoms with Crippen LogP contribution in [0, 0.1) is 5.92 Å². The van der Waals surface area contributed by atoms with Crippen LogP contribution in [-0.2, 0) is 0 Å². The molecule has 0 radical (unpaired) electrons. The second-order valence-electron chi connectivity index (χ2n) is 4.43. The lowest BCUT2D eigenvalue weighted by molar-refractivity contribution is 0.367. The third kappa shape index (κ3) is 4.55. The van der Waals surface area contributed by atoms with Gasteiger partial charge in [0.2, 0.25) is 0 Å². The zero-order chi connectivity index (χ0) is 12.8. The molecule has 0 saturated carbocycles.